The summed E-state index contributed by atoms with van der Waals surface area (Å²) < 4.78 is 12.2. The number of rotatable bonds is 1. The van der Waals surface area contributed by atoms with Gasteiger partial charge in [0.1, 0.15) is 6.67 Å². The third kappa shape index (κ3) is 1.73. The van der Waals surface area contributed by atoms with Crippen molar-refractivity contribution in [2.24, 2.45) is 11.3 Å². The normalized spacial score (nSPS) is 20.0. The molecule has 1 aliphatic rings. The van der Waals surface area contributed by atoms with Crippen LogP contribution in [0.25, 0.3) is 0 Å². The zero-order valence-electron chi connectivity index (χ0n) is 6.58. The molecule has 0 unspecified atom stereocenters. The van der Waals surface area contributed by atoms with Gasteiger partial charge in [0.15, 0.2) is 0 Å². The van der Waals surface area contributed by atoms with Gasteiger partial charge in [0.05, 0.1) is 5.41 Å². The molecular weight excluding hydrogens is 127 g/mol. The van der Waals surface area contributed by atoms with Gasteiger partial charge in [0.2, 0.25) is 0 Å². The average Bonchev–Trinajstić information content (AvgIpc) is 2.64. The molecule has 0 amide bonds. The summed E-state index contributed by atoms with van der Waals surface area (Å²) in [6.45, 7) is 3.80. The van der Waals surface area contributed by atoms with E-state index in [1.54, 1.807) is 0 Å². The number of alkyl halides is 1. The molecule has 0 heterocycles. The Morgan fingerprint density at radius 2 is 2.10 bits per heavy atom. The summed E-state index contributed by atoms with van der Waals surface area (Å²) in [5, 5.41) is 0. The topological polar surface area (TPSA) is 0 Å². The van der Waals surface area contributed by atoms with Crippen LogP contribution in [-0.4, -0.2) is 6.67 Å². The van der Waals surface area contributed by atoms with E-state index in [1.165, 1.54) is 0 Å². The van der Waals surface area contributed by atoms with Gasteiger partial charge in [-0.15, -0.1) is 0 Å². The molecule has 0 spiro atoms. The van der Waals surface area contributed by atoms with Crippen LogP contribution in [0.3, 0.4) is 0 Å². The smallest absolute Gasteiger partial charge is 0.106 e. The van der Waals surface area contributed by atoms with E-state index in [1.807, 2.05) is 13.8 Å². The van der Waals surface area contributed by atoms with Crippen LogP contribution in [0, 0.1) is 23.2 Å². The average molecular weight is 140 g/mol. The van der Waals surface area contributed by atoms with Crippen molar-refractivity contribution in [2.45, 2.75) is 26.7 Å². The predicted molar refractivity (Wildman–Crippen MR) is 40.3 cm³/mol. The van der Waals surface area contributed by atoms with Crippen LogP contribution >= 0.6 is 0 Å². The highest BCUT2D eigenvalue weighted by atomic mass is 19.1. The first-order valence-corrected chi connectivity index (χ1v) is 3.77. The van der Waals surface area contributed by atoms with Gasteiger partial charge in [-0.25, -0.2) is 4.39 Å². The fourth-order valence-corrected chi connectivity index (χ4v) is 0.740. The Bertz CT molecular complexity index is 167. The van der Waals surface area contributed by atoms with Gasteiger partial charge in [0, 0.05) is 5.92 Å². The molecule has 0 aromatic heterocycles. The van der Waals surface area contributed by atoms with Gasteiger partial charge in [0.25, 0.3) is 0 Å². The van der Waals surface area contributed by atoms with Crippen molar-refractivity contribution in [1.82, 2.24) is 0 Å². The highest BCUT2D eigenvalue weighted by Crippen LogP contribution is 2.45. The first-order chi connectivity index (χ1) is 4.68. The molecule has 1 fully saturated rings. The van der Waals surface area contributed by atoms with Crippen LogP contribution in [0.2, 0.25) is 0 Å². The minimum atomic E-state index is -0.257. The number of hydrogen-bond acceptors (Lipinski definition) is 0. The monoisotopic (exact) mass is 140 g/mol. The molecule has 56 valence electrons. The van der Waals surface area contributed by atoms with Gasteiger partial charge >= 0.3 is 0 Å². The molecular formula is C9H13F. The molecule has 0 aromatic rings. The van der Waals surface area contributed by atoms with Crippen LogP contribution in [0.4, 0.5) is 4.39 Å². The third-order valence-corrected chi connectivity index (χ3v) is 1.74. The lowest BCUT2D eigenvalue weighted by Crippen LogP contribution is -1.98. The molecule has 0 aromatic carbocycles. The summed E-state index contributed by atoms with van der Waals surface area (Å²) >= 11 is 0. The SMILES string of the molecule is CC(C)C#CC1(CF)CC1. The highest BCUT2D eigenvalue weighted by molar-refractivity contribution is 5.20. The van der Waals surface area contributed by atoms with Crippen molar-refractivity contribution in [1.29, 1.82) is 0 Å². The molecule has 0 saturated heterocycles. The van der Waals surface area contributed by atoms with E-state index in [4.69, 9.17) is 0 Å². The summed E-state index contributed by atoms with van der Waals surface area (Å²) in [6.07, 6.45) is 1.92. The Kier molecular flexibility index (Phi) is 1.99. The van der Waals surface area contributed by atoms with Gasteiger partial charge in [-0.2, -0.15) is 0 Å². The quantitative estimate of drug-likeness (QED) is 0.490. The second kappa shape index (κ2) is 2.62. The standard InChI is InChI=1S/C9H13F/c1-8(2)3-4-9(7-10)5-6-9/h8H,5-7H2,1-2H3. The van der Waals surface area contributed by atoms with Crippen LogP contribution in [0.5, 0.6) is 0 Å². The molecule has 0 radical (unpaired) electrons. The largest absolute Gasteiger partial charge is 0.249 e. The van der Waals surface area contributed by atoms with Gasteiger partial charge in [-0.3, -0.25) is 0 Å². The van der Waals surface area contributed by atoms with E-state index >= 15 is 0 Å². The Morgan fingerprint density at radius 1 is 1.50 bits per heavy atom. The zero-order valence-corrected chi connectivity index (χ0v) is 6.58. The van der Waals surface area contributed by atoms with Crippen molar-refractivity contribution in [3.8, 4) is 11.8 Å². The van der Waals surface area contributed by atoms with Crippen molar-refractivity contribution in [3.05, 3.63) is 0 Å². The maximum absolute atomic E-state index is 12.2. The summed E-state index contributed by atoms with van der Waals surface area (Å²) in [5.41, 5.74) is -0.204. The minimum Gasteiger partial charge on any atom is -0.249 e. The van der Waals surface area contributed by atoms with Crippen LogP contribution in [0.15, 0.2) is 0 Å². The Morgan fingerprint density at radius 3 is 2.40 bits per heavy atom. The number of halogens is 1. The molecule has 0 bridgehead atoms. The summed E-state index contributed by atoms with van der Waals surface area (Å²) in [7, 11) is 0. The highest BCUT2D eigenvalue weighted by Gasteiger charge is 2.41. The molecule has 1 heteroatoms. The van der Waals surface area contributed by atoms with Crippen LogP contribution in [-0.2, 0) is 0 Å². The van der Waals surface area contributed by atoms with Crippen LogP contribution < -0.4 is 0 Å². The molecule has 0 N–H and O–H groups in total. The van der Waals surface area contributed by atoms with Gasteiger partial charge in [-0.05, 0) is 12.8 Å². The van der Waals surface area contributed by atoms with Gasteiger partial charge < -0.3 is 0 Å². The molecule has 0 aliphatic heterocycles. The maximum Gasteiger partial charge on any atom is 0.106 e. The zero-order chi connectivity index (χ0) is 7.61. The Hall–Kier alpha value is -0.510. The van der Waals surface area contributed by atoms with E-state index in [0.717, 1.165) is 12.8 Å². The van der Waals surface area contributed by atoms with Crippen molar-refractivity contribution in [2.75, 3.05) is 6.67 Å². The lowest BCUT2D eigenvalue weighted by atomic mass is 10.1. The van der Waals surface area contributed by atoms with Crippen molar-refractivity contribution in [3.63, 3.8) is 0 Å². The van der Waals surface area contributed by atoms with E-state index in [2.05, 4.69) is 11.8 Å². The van der Waals surface area contributed by atoms with Crippen LogP contribution in [0.1, 0.15) is 26.7 Å². The predicted octanol–water partition coefficient (Wildman–Crippen LogP) is 2.40. The summed E-state index contributed by atoms with van der Waals surface area (Å²) in [6, 6.07) is 0. The molecule has 0 nitrogen and oxygen atoms in total. The first-order valence-electron chi connectivity index (χ1n) is 3.77. The lowest BCUT2D eigenvalue weighted by Gasteiger charge is -1.97. The van der Waals surface area contributed by atoms with E-state index in [0.29, 0.717) is 5.92 Å². The first kappa shape index (κ1) is 7.60. The van der Waals surface area contributed by atoms with Crippen molar-refractivity contribution < 1.29 is 4.39 Å². The lowest BCUT2D eigenvalue weighted by molar-refractivity contribution is 0.406. The Balaban J connectivity index is 2.46. The second-order valence-electron chi connectivity index (χ2n) is 3.34. The van der Waals surface area contributed by atoms with Crippen molar-refractivity contribution >= 4 is 0 Å². The van der Waals surface area contributed by atoms with Gasteiger partial charge in [-0.1, -0.05) is 25.7 Å². The summed E-state index contributed by atoms with van der Waals surface area (Å²) in [5.74, 6) is 6.38. The van der Waals surface area contributed by atoms with E-state index < -0.39 is 0 Å². The van der Waals surface area contributed by atoms with E-state index in [9.17, 15) is 4.39 Å². The Labute approximate surface area is 61.8 Å². The fourth-order valence-electron chi connectivity index (χ4n) is 0.740. The second-order valence-corrected chi connectivity index (χ2v) is 3.34. The van der Waals surface area contributed by atoms with E-state index in [-0.39, 0.29) is 12.1 Å². The minimum absolute atomic E-state index is 0.204. The maximum atomic E-state index is 12.2. The third-order valence-electron chi connectivity index (χ3n) is 1.74. The molecule has 1 rings (SSSR count). The molecule has 1 saturated carbocycles. The molecule has 10 heavy (non-hydrogen) atoms. The molecule has 0 atom stereocenters. The fraction of sp³-hybridized carbons (Fsp3) is 0.778. The molecule has 1 aliphatic carbocycles. The number of hydrogen-bond donors (Lipinski definition) is 0. The summed E-state index contributed by atoms with van der Waals surface area (Å²) in [4.78, 5) is 0.